The normalized spacial score (nSPS) is 18.6. The lowest BCUT2D eigenvalue weighted by atomic mass is 10.1. The van der Waals surface area contributed by atoms with Gasteiger partial charge < -0.3 is 66.4 Å². The summed E-state index contributed by atoms with van der Waals surface area (Å²) < 4.78 is 12.7. The van der Waals surface area contributed by atoms with E-state index in [2.05, 4.69) is 35.1 Å². The van der Waals surface area contributed by atoms with Gasteiger partial charge in [-0.1, -0.05) is 6.92 Å². The van der Waals surface area contributed by atoms with Crippen LogP contribution in [0.4, 0.5) is 0 Å². The van der Waals surface area contributed by atoms with Crippen LogP contribution < -0.4 is 48.0 Å². The first-order valence-corrected chi connectivity index (χ1v) is 7.65. The van der Waals surface area contributed by atoms with E-state index in [4.69, 9.17) is 9.47 Å². The number of rotatable bonds is 7. The van der Waals surface area contributed by atoms with Crippen LogP contribution in [0.2, 0.25) is 0 Å². The van der Waals surface area contributed by atoms with Crippen LogP contribution >= 0.6 is 0 Å². The molecule has 0 aromatic rings. The van der Waals surface area contributed by atoms with E-state index in [1.165, 1.54) is 0 Å². The van der Waals surface area contributed by atoms with Crippen molar-refractivity contribution < 1.29 is 71.2 Å². The number of quaternary nitrogens is 2. The van der Waals surface area contributed by atoms with E-state index in [0.29, 0.717) is 19.1 Å². The molecule has 0 N–H and O–H groups in total. The number of halogens is 2. The van der Waals surface area contributed by atoms with Gasteiger partial charge in [-0.25, -0.2) is 0 Å². The van der Waals surface area contributed by atoms with Crippen LogP contribution in [0, 0.1) is 0 Å². The van der Waals surface area contributed by atoms with Crippen LogP contribution in [0.1, 0.15) is 19.8 Å². The zero-order valence-electron chi connectivity index (χ0n) is 14.6. The van der Waals surface area contributed by atoms with Crippen LogP contribution in [-0.4, -0.2) is 88.6 Å². The third kappa shape index (κ3) is 9.19. The summed E-state index contributed by atoms with van der Waals surface area (Å²) >= 11 is 0. The fourth-order valence-corrected chi connectivity index (χ4v) is 2.55. The molecule has 1 aliphatic rings. The molecule has 1 unspecified atom stereocenters. The van der Waals surface area contributed by atoms with Gasteiger partial charge in [-0.3, -0.25) is 4.79 Å². The van der Waals surface area contributed by atoms with Gasteiger partial charge in [0.25, 0.3) is 0 Å². The summed E-state index contributed by atoms with van der Waals surface area (Å²) in [5, 5.41) is 0. The molecule has 1 heterocycles. The van der Waals surface area contributed by atoms with Crippen LogP contribution in [0.3, 0.4) is 0 Å². The van der Waals surface area contributed by atoms with Crippen molar-refractivity contribution in [2.75, 3.05) is 67.6 Å². The highest BCUT2D eigenvalue weighted by Gasteiger charge is 2.34. The van der Waals surface area contributed by atoms with Gasteiger partial charge in [0.05, 0.1) is 54.4 Å². The minimum atomic E-state index is -0.0728. The quantitative estimate of drug-likeness (QED) is 0.184. The number of likely N-dealkylation sites (N-methyl/N-ethyl adjacent to an activating group) is 1. The SMILES string of the molecule is CCC(COC(=O)CC[N+](C)(C)C)[N+]1(C)CCOCC1.[I-].[I-]. The summed E-state index contributed by atoms with van der Waals surface area (Å²) in [6.07, 6.45) is 1.52. The molecule has 0 bridgehead atoms. The zero-order chi connectivity index (χ0) is 15.2. The van der Waals surface area contributed by atoms with Crippen molar-refractivity contribution in [3.8, 4) is 0 Å². The van der Waals surface area contributed by atoms with E-state index in [1.807, 2.05) is 0 Å². The maximum Gasteiger partial charge on any atom is 0.311 e. The van der Waals surface area contributed by atoms with E-state index in [0.717, 1.165) is 48.2 Å². The lowest BCUT2D eigenvalue weighted by molar-refractivity contribution is -0.940. The summed E-state index contributed by atoms with van der Waals surface area (Å²) in [6, 6.07) is 0.381. The Morgan fingerprint density at radius 1 is 1.23 bits per heavy atom. The standard InChI is InChI=1S/C15H32N2O3.2HI/c1-6-14(17(5)9-11-19-12-10-17)13-20-15(18)7-8-16(2,3)4;;/h14H,6-13H2,1-5H3;2*1H/q+2;;/p-2. The van der Waals surface area contributed by atoms with Gasteiger partial charge in [-0.05, 0) is 0 Å². The predicted octanol–water partition coefficient (Wildman–Crippen LogP) is -5.11. The number of carbonyl (C=O) groups is 1. The Kier molecular flexibility index (Phi) is 13.0. The first-order chi connectivity index (χ1) is 9.27. The van der Waals surface area contributed by atoms with Crippen molar-refractivity contribution in [3.63, 3.8) is 0 Å². The van der Waals surface area contributed by atoms with E-state index in [9.17, 15) is 4.79 Å². The highest BCUT2D eigenvalue weighted by Crippen LogP contribution is 2.17. The van der Waals surface area contributed by atoms with E-state index < -0.39 is 0 Å². The highest BCUT2D eigenvalue weighted by molar-refractivity contribution is 5.69. The Bertz CT molecular complexity index is 316. The van der Waals surface area contributed by atoms with Crippen molar-refractivity contribution >= 4 is 5.97 Å². The molecule has 7 heteroatoms. The Morgan fingerprint density at radius 2 is 1.77 bits per heavy atom. The Labute approximate surface area is 169 Å². The van der Waals surface area contributed by atoms with Crippen LogP contribution in [0.5, 0.6) is 0 Å². The topological polar surface area (TPSA) is 35.5 Å². The van der Waals surface area contributed by atoms with Gasteiger partial charge >= 0.3 is 5.97 Å². The molecule has 0 saturated carbocycles. The van der Waals surface area contributed by atoms with Gasteiger partial charge in [0.2, 0.25) is 0 Å². The van der Waals surface area contributed by atoms with Crippen molar-refractivity contribution in [1.82, 2.24) is 0 Å². The fourth-order valence-electron chi connectivity index (χ4n) is 2.55. The first-order valence-electron chi connectivity index (χ1n) is 7.65. The molecule has 1 aliphatic heterocycles. The molecule has 1 atom stereocenters. The maximum atomic E-state index is 11.8. The fraction of sp³-hybridized carbons (Fsp3) is 0.933. The minimum Gasteiger partial charge on any atom is -1.00 e. The second-order valence-corrected chi connectivity index (χ2v) is 7.05. The highest BCUT2D eigenvalue weighted by atomic mass is 127. The van der Waals surface area contributed by atoms with E-state index >= 15 is 0 Å². The lowest BCUT2D eigenvalue weighted by Crippen LogP contribution is -3.00. The number of carbonyl (C=O) groups excluding carboxylic acids is 1. The molecular formula is C15H32I2N2O3. The summed E-state index contributed by atoms with van der Waals surface area (Å²) in [7, 11) is 8.50. The molecule has 1 rings (SSSR count). The molecule has 1 saturated heterocycles. The maximum absolute atomic E-state index is 11.8. The monoisotopic (exact) mass is 542 g/mol. The van der Waals surface area contributed by atoms with Crippen LogP contribution in [0.15, 0.2) is 0 Å². The number of ether oxygens (including phenoxy) is 2. The molecule has 134 valence electrons. The van der Waals surface area contributed by atoms with Gasteiger partial charge in [-0.15, -0.1) is 0 Å². The lowest BCUT2D eigenvalue weighted by Gasteiger charge is -2.43. The summed E-state index contributed by atoms with van der Waals surface area (Å²) in [4.78, 5) is 11.8. The summed E-state index contributed by atoms with van der Waals surface area (Å²) in [5.74, 6) is -0.0728. The van der Waals surface area contributed by atoms with Gasteiger partial charge in [-0.2, -0.15) is 0 Å². The second kappa shape index (κ2) is 11.4. The predicted molar refractivity (Wildman–Crippen MR) is 79.3 cm³/mol. The molecular weight excluding hydrogens is 510 g/mol. The number of esters is 1. The minimum absolute atomic E-state index is 0. The largest absolute Gasteiger partial charge is 1.00 e. The number of morpholine rings is 1. The average molecular weight is 542 g/mol. The molecule has 0 aromatic heterocycles. The Morgan fingerprint density at radius 3 is 2.23 bits per heavy atom. The van der Waals surface area contributed by atoms with Crippen molar-refractivity contribution in [2.24, 2.45) is 0 Å². The van der Waals surface area contributed by atoms with Crippen molar-refractivity contribution in [3.05, 3.63) is 0 Å². The molecule has 0 radical (unpaired) electrons. The molecule has 22 heavy (non-hydrogen) atoms. The molecule has 1 fully saturated rings. The molecule has 0 aromatic carbocycles. The Balaban J connectivity index is 0. The zero-order valence-corrected chi connectivity index (χ0v) is 18.9. The van der Waals surface area contributed by atoms with Crippen LogP contribution in [-0.2, 0) is 14.3 Å². The van der Waals surface area contributed by atoms with E-state index in [1.54, 1.807) is 0 Å². The molecule has 5 nitrogen and oxygen atoms in total. The van der Waals surface area contributed by atoms with Gasteiger partial charge in [0.15, 0.2) is 0 Å². The third-order valence-electron chi connectivity index (χ3n) is 4.27. The van der Waals surface area contributed by atoms with Crippen molar-refractivity contribution in [1.29, 1.82) is 0 Å². The third-order valence-corrected chi connectivity index (χ3v) is 4.27. The smallest absolute Gasteiger partial charge is 0.311 e. The second-order valence-electron chi connectivity index (χ2n) is 7.05. The number of hydrogen-bond donors (Lipinski definition) is 0. The summed E-state index contributed by atoms with van der Waals surface area (Å²) in [6.45, 7) is 7.15. The van der Waals surface area contributed by atoms with Crippen molar-refractivity contribution in [2.45, 2.75) is 25.8 Å². The average Bonchev–Trinajstić information content (AvgIpc) is 2.37. The van der Waals surface area contributed by atoms with E-state index in [-0.39, 0.29) is 53.9 Å². The molecule has 0 amide bonds. The molecule has 0 spiro atoms. The van der Waals surface area contributed by atoms with Gasteiger partial charge in [0, 0.05) is 6.42 Å². The molecule has 0 aliphatic carbocycles. The summed E-state index contributed by atoms with van der Waals surface area (Å²) in [5.41, 5.74) is 0. The first kappa shape index (κ1) is 25.1. The number of nitrogens with zero attached hydrogens (tertiary/aromatic N) is 2. The number of hydrogen-bond acceptors (Lipinski definition) is 3. The van der Waals surface area contributed by atoms with Crippen LogP contribution in [0.25, 0.3) is 0 Å². The van der Waals surface area contributed by atoms with Gasteiger partial charge in [0.1, 0.15) is 25.7 Å². The Hall–Kier alpha value is 0.810.